The number of nitrogens with one attached hydrogen (secondary N) is 1. The van der Waals surface area contributed by atoms with Crippen molar-refractivity contribution in [2.24, 2.45) is 0 Å². The van der Waals surface area contributed by atoms with E-state index < -0.39 is 0 Å². The third-order valence-electron chi connectivity index (χ3n) is 3.95. The molecule has 2 aromatic heterocycles. The summed E-state index contributed by atoms with van der Waals surface area (Å²) in [6, 6.07) is 19.8. The zero-order valence-electron chi connectivity index (χ0n) is 14.7. The standard InChI is InChI=1S/C21H17N3OS2/c1-14-5-10-17-18(12-14)27-21(24-17)15-6-8-16(9-7-15)23-19(25)13-26-20-4-2-3-11-22-20/h2-12H,13H2,1H3,(H,23,25). The van der Waals surface area contributed by atoms with Gasteiger partial charge in [0.25, 0.3) is 0 Å². The Labute approximate surface area is 165 Å². The lowest BCUT2D eigenvalue weighted by Gasteiger charge is -2.05. The number of aromatic nitrogens is 2. The van der Waals surface area contributed by atoms with Gasteiger partial charge in [0.2, 0.25) is 5.91 Å². The van der Waals surface area contributed by atoms with Gasteiger partial charge in [-0.25, -0.2) is 9.97 Å². The van der Waals surface area contributed by atoms with E-state index in [0.29, 0.717) is 5.75 Å². The molecule has 0 saturated heterocycles. The number of anilines is 1. The highest BCUT2D eigenvalue weighted by atomic mass is 32.2. The predicted molar refractivity (Wildman–Crippen MR) is 113 cm³/mol. The van der Waals surface area contributed by atoms with Crippen molar-refractivity contribution in [3.8, 4) is 10.6 Å². The maximum Gasteiger partial charge on any atom is 0.234 e. The van der Waals surface area contributed by atoms with Crippen LogP contribution in [0, 0.1) is 6.92 Å². The minimum atomic E-state index is -0.0473. The first-order chi connectivity index (χ1) is 13.2. The molecule has 0 unspecified atom stereocenters. The first kappa shape index (κ1) is 17.7. The number of carbonyl (C=O) groups excluding carboxylic acids is 1. The molecule has 4 nitrogen and oxygen atoms in total. The largest absolute Gasteiger partial charge is 0.325 e. The number of benzene rings is 2. The van der Waals surface area contributed by atoms with Crippen molar-refractivity contribution in [3.63, 3.8) is 0 Å². The highest BCUT2D eigenvalue weighted by Crippen LogP contribution is 2.31. The smallest absolute Gasteiger partial charge is 0.234 e. The maximum absolute atomic E-state index is 12.1. The molecule has 0 atom stereocenters. The second-order valence-electron chi connectivity index (χ2n) is 6.07. The van der Waals surface area contributed by atoms with E-state index in [4.69, 9.17) is 4.98 Å². The Kier molecular flexibility index (Phi) is 5.18. The summed E-state index contributed by atoms with van der Waals surface area (Å²) >= 11 is 3.10. The second kappa shape index (κ2) is 7.90. The third kappa shape index (κ3) is 4.35. The average Bonchev–Trinajstić information content (AvgIpc) is 3.11. The molecule has 0 radical (unpaired) electrons. The van der Waals surface area contributed by atoms with Crippen LogP contribution in [0.1, 0.15) is 5.56 Å². The van der Waals surface area contributed by atoms with Gasteiger partial charge in [0.1, 0.15) is 5.01 Å². The van der Waals surface area contributed by atoms with Crippen LogP contribution in [0.25, 0.3) is 20.8 Å². The molecule has 2 aromatic carbocycles. The number of nitrogens with zero attached hydrogens (tertiary/aromatic N) is 2. The Bertz CT molecular complexity index is 1080. The van der Waals surface area contributed by atoms with Gasteiger partial charge < -0.3 is 5.32 Å². The van der Waals surface area contributed by atoms with Crippen molar-refractivity contribution in [3.05, 3.63) is 72.4 Å². The molecular formula is C21H17N3OS2. The van der Waals surface area contributed by atoms with E-state index >= 15 is 0 Å². The fraction of sp³-hybridized carbons (Fsp3) is 0.0952. The molecule has 0 saturated carbocycles. The van der Waals surface area contributed by atoms with E-state index in [1.807, 2.05) is 42.5 Å². The Hall–Kier alpha value is -2.70. The number of carbonyl (C=O) groups is 1. The van der Waals surface area contributed by atoms with E-state index in [1.54, 1.807) is 17.5 Å². The molecule has 27 heavy (non-hydrogen) atoms. The van der Waals surface area contributed by atoms with Crippen LogP contribution in [-0.4, -0.2) is 21.6 Å². The molecule has 0 bridgehead atoms. The topological polar surface area (TPSA) is 54.9 Å². The highest BCUT2D eigenvalue weighted by molar-refractivity contribution is 7.99. The quantitative estimate of drug-likeness (QED) is 0.463. The fourth-order valence-electron chi connectivity index (χ4n) is 2.62. The zero-order chi connectivity index (χ0) is 18.6. The van der Waals surface area contributed by atoms with Crippen LogP contribution in [0.15, 0.2) is 71.9 Å². The molecule has 0 aliphatic heterocycles. The Morgan fingerprint density at radius 1 is 1.11 bits per heavy atom. The predicted octanol–water partition coefficient (Wildman–Crippen LogP) is 5.40. The van der Waals surface area contributed by atoms with Gasteiger partial charge in [-0.2, -0.15) is 0 Å². The molecule has 2 heterocycles. The maximum atomic E-state index is 12.1. The van der Waals surface area contributed by atoms with Crippen molar-refractivity contribution in [2.75, 3.05) is 11.1 Å². The minimum absolute atomic E-state index is 0.0473. The van der Waals surface area contributed by atoms with E-state index in [0.717, 1.165) is 26.8 Å². The summed E-state index contributed by atoms with van der Waals surface area (Å²) in [4.78, 5) is 21.0. The van der Waals surface area contributed by atoms with Crippen molar-refractivity contribution < 1.29 is 4.79 Å². The number of aryl methyl sites for hydroxylation is 1. The van der Waals surface area contributed by atoms with E-state index in [1.165, 1.54) is 22.0 Å². The monoisotopic (exact) mass is 391 g/mol. The van der Waals surface area contributed by atoms with Crippen molar-refractivity contribution in [2.45, 2.75) is 11.9 Å². The number of thioether (sulfide) groups is 1. The second-order valence-corrected chi connectivity index (χ2v) is 8.10. The van der Waals surface area contributed by atoms with Crippen LogP contribution in [0.2, 0.25) is 0 Å². The zero-order valence-corrected chi connectivity index (χ0v) is 16.3. The summed E-state index contributed by atoms with van der Waals surface area (Å²) in [6.45, 7) is 2.09. The van der Waals surface area contributed by atoms with Crippen LogP contribution < -0.4 is 5.32 Å². The van der Waals surface area contributed by atoms with Crippen molar-refractivity contribution in [1.29, 1.82) is 0 Å². The Balaban J connectivity index is 1.41. The van der Waals surface area contributed by atoms with Gasteiger partial charge in [0.05, 0.1) is 21.0 Å². The van der Waals surface area contributed by atoms with Crippen LogP contribution >= 0.6 is 23.1 Å². The SMILES string of the molecule is Cc1ccc2nc(-c3ccc(NC(=O)CSc4ccccn4)cc3)sc2c1. The number of hydrogen-bond donors (Lipinski definition) is 1. The number of rotatable bonds is 5. The summed E-state index contributed by atoms with van der Waals surface area (Å²) in [5.74, 6) is 0.282. The fourth-order valence-corrected chi connectivity index (χ4v) is 4.35. The molecule has 1 amide bonds. The van der Waals surface area contributed by atoms with Crippen molar-refractivity contribution in [1.82, 2.24) is 9.97 Å². The van der Waals surface area contributed by atoms with E-state index in [2.05, 4.69) is 35.4 Å². The molecular weight excluding hydrogens is 374 g/mol. The van der Waals surface area contributed by atoms with Crippen LogP contribution in [0.3, 0.4) is 0 Å². The number of thiazole rings is 1. The first-order valence-electron chi connectivity index (χ1n) is 8.49. The third-order valence-corrected chi connectivity index (χ3v) is 5.96. The number of fused-ring (bicyclic) bond motifs is 1. The van der Waals surface area contributed by atoms with Gasteiger partial charge in [-0.15, -0.1) is 11.3 Å². The Morgan fingerprint density at radius 3 is 2.74 bits per heavy atom. The van der Waals surface area contributed by atoms with Gasteiger partial charge in [-0.3, -0.25) is 4.79 Å². The summed E-state index contributed by atoms with van der Waals surface area (Å²) in [7, 11) is 0. The summed E-state index contributed by atoms with van der Waals surface area (Å²) < 4.78 is 1.19. The number of amides is 1. The molecule has 0 spiro atoms. The summed E-state index contributed by atoms with van der Waals surface area (Å²) in [5.41, 5.74) is 4.08. The summed E-state index contributed by atoms with van der Waals surface area (Å²) in [5, 5.41) is 4.75. The lowest BCUT2D eigenvalue weighted by atomic mass is 10.2. The van der Waals surface area contributed by atoms with Gasteiger partial charge in [0, 0.05) is 17.4 Å². The first-order valence-corrected chi connectivity index (χ1v) is 10.3. The van der Waals surface area contributed by atoms with Gasteiger partial charge in [-0.05, 0) is 61.0 Å². The minimum Gasteiger partial charge on any atom is -0.325 e. The van der Waals surface area contributed by atoms with E-state index in [9.17, 15) is 4.79 Å². The number of hydrogen-bond acceptors (Lipinski definition) is 5. The number of pyridine rings is 1. The lowest BCUT2D eigenvalue weighted by Crippen LogP contribution is -2.13. The Morgan fingerprint density at radius 2 is 1.96 bits per heavy atom. The average molecular weight is 392 g/mol. The molecule has 6 heteroatoms. The molecule has 0 fully saturated rings. The van der Waals surface area contributed by atoms with Crippen molar-refractivity contribution >= 4 is 44.9 Å². The lowest BCUT2D eigenvalue weighted by molar-refractivity contribution is -0.113. The van der Waals surface area contributed by atoms with Crippen LogP contribution in [0.5, 0.6) is 0 Å². The molecule has 0 aliphatic rings. The van der Waals surface area contributed by atoms with E-state index in [-0.39, 0.29) is 5.91 Å². The van der Waals surface area contributed by atoms with Gasteiger partial charge in [0.15, 0.2) is 0 Å². The normalized spacial score (nSPS) is 10.9. The highest BCUT2D eigenvalue weighted by Gasteiger charge is 2.08. The van der Waals surface area contributed by atoms with Gasteiger partial charge in [-0.1, -0.05) is 23.9 Å². The molecule has 1 N–H and O–H groups in total. The molecule has 4 aromatic rings. The van der Waals surface area contributed by atoms with Crippen LogP contribution in [0.4, 0.5) is 5.69 Å². The molecule has 0 aliphatic carbocycles. The molecule has 134 valence electrons. The summed E-state index contributed by atoms with van der Waals surface area (Å²) in [6.07, 6.45) is 1.72. The van der Waals surface area contributed by atoms with Gasteiger partial charge >= 0.3 is 0 Å². The van der Waals surface area contributed by atoms with Crippen LogP contribution in [-0.2, 0) is 4.79 Å². The molecule has 4 rings (SSSR count).